The van der Waals surface area contributed by atoms with Gasteiger partial charge in [0.2, 0.25) is 0 Å². The van der Waals surface area contributed by atoms with Crippen molar-refractivity contribution in [2.75, 3.05) is 0 Å². The van der Waals surface area contributed by atoms with Crippen molar-refractivity contribution in [1.29, 1.82) is 0 Å². The normalized spacial score (nSPS) is 15.2. The summed E-state index contributed by atoms with van der Waals surface area (Å²) in [6.07, 6.45) is -2.75. The van der Waals surface area contributed by atoms with Crippen LogP contribution in [0.25, 0.3) is 0 Å². The molecule has 0 saturated carbocycles. The number of rotatable bonds is 4. The minimum absolute atomic E-state index is 0.207. The second kappa shape index (κ2) is 5.71. The molecule has 0 amide bonds. The maximum absolute atomic E-state index is 13.1. The summed E-state index contributed by atoms with van der Waals surface area (Å²) in [7, 11) is 0. The van der Waals surface area contributed by atoms with Gasteiger partial charge in [-0.25, -0.2) is 4.98 Å². The van der Waals surface area contributed by atoms with Crippen molar-refractivity contribution in [2.45, 2.75) is 25.2 Å². The summed E-state index contributed by atoms with van der Waals surface area (Å²) in [6.45, 7) is 1.68. The number of alkyl halides is 3. The first-order valence-electron chi connectivity index (χ1n) is 5.75. The van der Waals surface area contributed by atoms with E-state index in [0.29, 0.717) is 5.01 Å². The molecule has 0 fully saturated rings. The average Bonchev–Trinajstić information content (AvgIpc) is 2.89. The smallest absolute Gasteiger partial charge is 0.294 e. The van der Waals surface area contributed by atoms with E-state index in [1.165, 1.54) is 23.5 Å². The summed E-state index contributed by atoms with van der Waals surface area (Å²) >= 11 is 1.34. The second-order valence-electron chi connectivity index (χ2n) is 4.14. The zero-order valence-corrected chi connectivity index (χ0v) is 11.0. The predicted octanol–water partition coefficient (Wildman–Crippen LogP) is 4.10. The van der Waals surface area contributed by atoms with Crippen molar-refractivity contribution in [3.8, 4) is 0 Å². The van der Waals surface area contributed by atoms with Crippen LogP contribution in [0.15, 0.2) is 41.9 Å². The lowest BCUT2D eigenvalue weighted by Crippen LogP contribution is -2.35. The molecule has 0 aliphatic heterocycles. The number of benzene rings is 1. The van der Waals surface area contributed by atoms with Crippen molar-refractivity contribution in [3.63, 3.8) is 0 Å². The highest BCUT2D eigenvalue weighted by Gasteiger charge is 2.41. The Morgan fingerprint density at radius 2 is 1.89 bits per heavy atom. The number of hydrogen-bond donors (Lipinski definition) is 1. The highest BCUT2D eigenvalue weighted by molar-refractivity contribution is 7.09. The summed E-state index contributed by atoms with van der Waals surface area (Å²) < 4.78 is 39.4. The van der Waals surface area contributed by atoms with Gasteiger partial charge >= 0.3 is 6.18 Å². The van der Waals surface area contributed by atoms with Crippen LogP contribution in [0.1, 0.15) is 29.6 Å². The molecule has 2 nitrogen and oxygen atoms in total. The Balaban J connectivity index is 2.20. The van der Waals surface area contributed by atoms with Gasteiger partial charge < -0.3 is 0 Å². The zero-order valence-electron chi connectivity index (χ0n) is 10.2. The molecule has 2 rings (SSSR count). The number of aromatic nitrogens is 1. The van der Waals surface area contributed by atoms with Crippen LogP contribution < -0.4 is 5.32 Å². The van der Waals surface area contributed by atoms with Crippen LogP contribution >= 0.6 is 11.3 Å². The molecule has 1 heterocycles. The Kier molecular flexibility index (Phi) is 4.21. The number of nitrogens with one attached hydrogen (secondary N) is 1. The quantitative estimate of drug-likeness (QED) is 0.915. The van der Waals surface area contributed by atoms with E-state index in [1.54, 1.807) is 36.7 Å². The summed E-state index contributed by atoms with van der Waals surface area (Å²) in [4.78, 5) is 4.03. The molecule has 0 spiro atoms. The van der Waals surface area contributed by atoms with Gasteiger partial charge in [0.15, 0.2) is 0 Å². The van der Waals surface area contributed by atoms with Crippen molar-refractivity contribution >= 4 is 11.3 Å². The molecule has 0 bridgehead atoms. The monoisotopic (exact) mass is 286 g/mol. The topological polar surface area (TPSA) is 24.9 Å². The maximum atomic E-state index is 13.1. The van der Waals surface area contributed by atoms with Gasteiger partial charge in [-0.1, -0.05) is 30.3 Å². The van der Waals surface area contributed by atoms with E-state index in [-0.39, 0.29) is 5.56 Å². The van der Waals surface area contributed by atoms with Gasteiger partial charge in [0.1, 0.15) is 11.0 Å². The first-order valence-corrected chi connectivity index (χ1v) is 6.63. The first-order chi connectivity index (χ1) is 8.98. The van der Waals surface area contributed by atoms with Crippen LogP contribution in [-0.2, 0) is 0 Å². The molecule has 0 aliphatic carbocycles. The molecule has 2 unspecified atom stereocenters. The Labute approximate surface area is 113 Å². The lowest BCUT2D eigenvalue weighted by Gasteiger charge is -2.25. The molecule has 1 aromatic carbocycles. The molecule has 102 valence electrons. The van der Waals surface area contributed by atoms with Crippen molar-refractivity contribution in [2.24, 2.45) is 0 Å². The maximum Gasteiger partial charge on any atom is 0.407 e. The molecule has 2 atom stereocenters. The molecular formula is C13H13F3N2S. The Morgan fingerprint density at radius 3 is 2.42 bits per heavy atom. The third-order valence-corrected chi connectivity index (χ3v) is 3.66. The largest absolute Gasteiger partial charge is 0.407 e. The highest BCUT2D eigenvalue weighted by Crippen LogP contribution is 2.34. The predicted molar refractivity (Wildman–Crippen MR) is 68.9 cm³/mol. The average molecular weight is 286 g/mol. The van der Waals surface area contributed by atoms with E-state index in [4.69, 9.17) is 0 Å². The number of nitrogens with zero attached hydrogens (tertiary/aromatic N) is 1. The van der Waals surface area contributed by atoms with Gasteiger partial charge in [-0.2, -0.15) is 13.2 Å². The molecule has 19 heavy (non-hydrogen) atoms. The van der Waals surface area contributed by atoms with Gasteiger partial charge in [-0.15, -0.1) is 11.3 Å². The van der Waals surface area contributed by atoms with Gasteiger partial charge in [-0.3, -0.25) is 5.32 Å². The summed E-state index contributed by atoms with van der Waals surface area (Å²) in [6, 6.07) is 5.70. The van der Waals surface area contributed by atoms with E-state index in [1.807, 2.05) is 0 Å². The molecule has 0 saturated heterocycles. The fourth-order valence-corrected chi connectivity index (χ4v) is 2.45. The summed E-state index contributed by atoms with van der Waals surface area (Å²) in [5.74, 6) is 0. The van der Waals surface area contributed by atoms with Crippen LogP contribution in [0.3, 0.4) is 0 Å². The second-order valence-corrected chi connectivity index (χ2v) is 5.07. The molecule has 6 heteroatoms. The molecule has 1 N–H and O–H groups in total. The fourth-order valence-electron chi connectivity index (χ4n) is 1.79. The van der Waals surface area contributed by atoms with Crippen molar-refractivity contribution in [3.05, 3.63) is 52.5 Å². The minimum atomic E-state index is -4.34. The third-order valence-electron chi connectivity index (χ3n) is 2.70. The van der Waals surface area contributed by atoms with E-state index >= 15 is 0 Å². The first kappa shape index (κ1) is 14.0. The summed E-state index contributed by atoms with van der Waals surface area (Å²) in [5.41, 5.74) is 0.207. The summed E-state index contributed by atoms with van der Waals surface area (Å²) in [5, 5.41) is 4.99. The SMILES string of the molecule is CC(NC(c1ccccc1)C(F)(F)F)c1nccs1. The van der Waals surface area contributed by atoms with E-state index in [0.717, 1.165) is 0 Å². The molecular weight excluding hydrogens is 273 g/mol. The van der Waals surface area contributed by atoms with Crippen LogP contribution in [0.2, 0.25) is 0 Å². The highest BCUT2D eigenvalue weighted by atomic mass is 32.1. The van der Waals surface area contributed by atoms with Gasteiger partial charge in [-0.05, 0) is 12.5 Å². The number of thiazole rings is 1. The zero-order chi connectivity index (χ0) is 13.9. The Bertz CT molecular complexity index is 496. The van der Waals surface area contributed by atoms with Crippen LogP contribution in [0, 0.1) is 0 Å². The lowest BCUT2D eigenvalue weighted by molar-refractivity contribution is -0.159. The molecule has 2 aromatic rings. The Morgan fingerprint density at radius 1 is 1.21 bits per heavy atom. The number of halogens is 3. The van der Waals surface area contributed by atoms with Crippen LogP contribution in [-0.4, -0.2) is 11.2 Å². The minimum Gasteiger partial charge on any atom is -0.294 e. The van der Waals surface area contributed by atoms with Crippen molar-refractivity contribution < 1.29 is 13.2 Å². The van der Waals surface area contributed by atoms with E-state index in [2.05, 4.69) is 10.3 Å². The van der Waals surface area contributed by atoms with Gasteiger partial charge in [0, 0.05) is 11.6 Å². The van der Waals surface area contributed by atoms with Gasteiger partial charge in [0.05, 0.1) is 6.04 Å². The van der Waals surface area contributed by atoms with Crippen molar-refractivity contribution in [1.82, 2.24) is 10.3 Å². The van der Waals surface area contributed by atoms with E-state index < -0.39 is 18.3 Å². The molecule has 0 radical (unpaired) electrons. The van der Waals surface area contributed by atoms with Crippen LogP contribution in [0.4, 0.5) is 13.2 Å². The standard InChI is InChI=1S/C13H13F3N2S/c1-9(12-17-7-8-19-12)18-11(13(14,15)16)10-5-3-2-4-6-10/h2-9,11,18H,1H3. The lowest BCUT2D eigenvalue weighted by atomic mass is 10.1. The third kappa shape index (κ3) is 3.54. The number of hydrogen-bond acceptors (Lipinski definition) is 3. The van der Waals surface area contributed by atoms with Crippen LogP contribution in [0.5, 0.6) is 0 Å². The molecule has 0 aliphatic rings. The fraction of sp³-hybridized carbons (Fsp3) is 0.308. The van der Waals surface area contributed by atoms with Gasteiger partial charge in [0.25, 0.3) is 0 Å². The molecule has 1 aromatic heterocycles. The van der Waals surface area contributed by atoms with E-state index in [9.17, 15) is 13.2 Å². The Hall–Kier alpha value is -1.40.